The molecule has 176 valence electrons. The Morgan fingerprint density at radius 1 is 0.909 bits per heavy atom. The molecule has 0 bridgehead atoms. The first-order chi connectivity index (χ1) is 15.8. The van der Waals surface area contributed by atoms with Gasteiger partial charge in [-0.2, -0.15) is 0 Å². The second-order valence-electron chi connectivity index (χ2n) is 8.42. The van der Waals surface area contributed by atoms with E-state index in [1.54, 1.807) is 43.5 Å². The van der Waals surface area contributed by atoms with Gasteiger partial charge in [-0.15, -0.1) is 0 Å². The summed E-state index contributed by atoms with van der Waals surface area (Å²) in [5.74, 6) is 0.0957. The Morgan fingerprint density at radius 3 is 2.09 bits per heavy atom. The zero-order valence-electron chi connectivity index (χ0n) is 18.7. The fraction of sp³-hybridized carbons (Fsp3) is 0.417. The highest BCUT2D eigenvalue weighted by Crippen LogP contribution is 2.39. The highest BCUT2D eigenvalue weighted by molar-refractivity contribution is 7.89. The number of imide groups is 1. The Hall–Kier alpha value is -2.91. The first kappa shape index (κ1) is 23.3. The lowest BCUT2D eigenvalue weighted by Crippen LogP contribution is -2.30. The number of benzene rings is 2. The van der Waals surface area contributed by atoms with Gasteiger partial charge in [0.15, 0.2) is 0 Å². The number of hydrogen-bond donors (Lipinski definition) is 1. The van der Waals surface area contributed by atoms with Crippen molar-refractivity contribution < 1.29 is 27.5 Å². The second kappa shape index (κ2) is 9.52. The molecule has 2 aromatic rings. The minimum atomic E-state index is -3.92. The molecule has 2 aromatic carbocycles. The summed E-state index contributed by atoms with van der Waals surface area (Å²) in [5.41, 5.74) is 1.33. The molecule has 0 spiro atoms. The molecule has 2 fully saturated rings. The zero-order chi connectivity index (χ0) is 23.6. The monoisotopic (exact) mass is 472 g/mol. The van der Waals surface area contributed by atoms with Crippen LogP contribution < -0.4 is 14.2 Å². The second-order valence-corrected chi connectivity index (χ2v) is 10.2. The van der Waals surface area contributed by atoms with E-state index in [2.05, 4.69) is 4.72 Å². The summed E-state index contributed by atoms with van der Waals surface area (Å²) < 4.78 is 39.1. The van der Waals surface area contributed by atoms with Gasteiger partial charge in [0.05, 0.1) is 32.6 Å². The van der Waals surface area contributed by atoms with E-state index in [0.29, 0.717) is 11.3 Å². The first-order valence-corrected chi connectivity index (χ1v) is 12.5. The number of fused-ring (bicyclic) bond motifs is 1. The van der Waals surface area contributed by atoms with Crippen LogP contribution in [0, 0.1) is 11.8 Å². The first-order valence-electron chi connectivity index (χ1n) is 11.0. The molecule has 2 amide bonds. The molecule has 33 heavy (non-hydrogen) atoms. The van der Waals surface area contributed by atoms with Crippen LogP contribution in [0.15, 0.2) is 47.4 Å². The Morgan fingerprint density at radius 2 is 1.52 bits per heavy atom. The van der Waals surface area contributed by atoms with Crippen molar-refractivity contribution in [3.8, 4) is 11.5 Å². The maximum Gasteiger partial charge on any atom is 0.244 e. The summed E-state index contributed by atoms with van der Waals surface area (Å²) in [6.07, 6.45) is 3.39. The molecule has 1 aliphatic carbocycles. The lowest BCUT2D eigenvalue weighted by molar-refractivity contribution is -0.140. The number of hydrogen-bond acceptors (Lipinski definition) is 6. The number of amides is 2. The maximum atomic E-state index is 13.1. The Kier molecular flexibility index (Phi) is 6.71. The van der Waals surface area contributed by atoms with Crippen LogP contribution in [0.25, 0.3) is 0 Å². The normalized spacial score (nSPS) is 20.6. The van der Waals surface area contributed by atoms with Crippen molar-refractivity contribution in [3.05, 3.63) is 53.6 Å². The molecule has 2 aliphatic rings. The Labute approximate surface area is 193 Å². The van der Waals surface area contributed by atoms with Crippen LogP contribution in [-0.4, -0.2) is 39.4 Å². The van der Waals surface area contributed by atoms with Gasteiger partial charge in [0, 0.05) is 6.54 Å². The SMILES string of the molecule is COc1ccc(CNS(=O)(=O)c2cc(CN3C(=O)C4CCCCC4C3=O)ccc2OC)cc1. The summed E-state index contributed by atoms with van der Waals surface area (Å²) >= 11 is 0. The van der Waals surface area contributed by atoms with Crippen LogP contribution >= 0.6 is 0 Å². The molecular weight excluding hydrogens is 444 g/mol. The van der Waals surface area contributed by atoms with E-state index in [4.69, 9.17) is 9.47 Å². The number of carbonyl (C=O) groups is 2. The number of nitrogens with one attached hydrogen (secondary N) is 1. The molecule has 1 saturated heterocycles. The summed E-state index contributed by atoms with van der Waals surface area (Å²) in [6, 6.07) is 11.8. The van der Waals surface area contributed by atoms with E-state index in [1.165, 1.54) is 18.1 Å². The number of sulfonamides is 1. The van der Waals surface area contributed by atoms with E-state index in [0.717, 1.165) is 31.2 Å². The summed E-state index contributed by atoms with van der Waals surface area (Å²) in [5, 5.41) is 0. The summed E-state index contributed by atoms with van der Waals surface area (Å²) in [7, 11) is -0.953. The van der Waals surface area contributed by atoms with Gasteiger partial charge in [-0.25, -0.2) is 13.1 Å². The predicted octanol–water partition coefficient (Wildman–Crippen LogP) is 2.86. The highest BCUT2D eigenvalue weighted by atomic mass is 32.2. The molecule has 0 aromatic heterocycles. The van der Waals surface area contributed by atoms with Crippen molar-refractivity contribution in [1.29, 1.82) is 0 Å². The van der Waals surface area contributed by atoms with Crippen molar-refractivity contribution in [2.75, 3.05) is 14.2 Å². The van der Waals surface area contributed by atoms with Gasteiger partial charge in [0.25, 0.3) is 0 Å². The molecule has 1 aliphatic heterocycles. The standard InChI is InChI=1S/C24H28N2O6S/c1-31-18-10-7-16(8-11-18)14-25-33(29,30)22-13-17(9-12-21(22)32-2)15-26-23(27)19-5-3-4-6-20(19)24(26)28/h7-13,19-20,25H,3-6,14-15H2,1-2H3. The molecule has 1 saturated carbocycles. The van der Waals surface area contributed by atoms with Crippen LogP contribution in [0.1, 0.15) is 36.8 Å². The molecule has 4 rings (SSSR count). The van der Waals surface area contributed by atoms with Crippen LogP contribution in [0.5, 0.6) is 11.5 Å². The smallest absolute Gasteiger partial charge is 0.244 e. The van der Waals surface area contributed by atoms with E-state index < -0.39 is 10.0 Å². The third-order valence-corrected chi connectivity index (χ3v) is 7.84. The van der Waals surface area contributed by atoms with Crippen molar-refractivity contribution in [2.45, 2.75) is 43.7 Å². The largest absolute Gasteiger partial charge is 0.497 e. The fourth-order valence-electron chi connectivity index (χ4n) is 4.60. The van der Waals surface area contributed by atoms with E-state index in [1.807, 2.05) is 0 Å². The van der Waals surface area contributed by atoms with Gasteiger partial charge in [-0.05, 0) is 48.2 Å². The van der Waals surface area contributed by atoms with Gasteiger partial charge in [-0.3, -0.25) is 14.5 Å². The van der Waals surface area contributed by atoms with Crippen LogP contribution in [0.3, 0.4) is 0 Å². The van der Waals surface area contributed by atoms with Crippen LogP contribution in [0.2, 0.25) is 0 Å². The molecule has 1 N–H and O–H groups in total. The number of methoxy groups -OCH3 is 2. The van der Waals surface area contributed by atoms with E-state index >= 15 is 0 Å². The maximum absolute atomic E-state index is 13.1. The third kappa shape index (κ3) is 4.74. The quantitative estimate of drug-likeness (QED) is 0.593. The molecule has 0 radical (unpaired) electrons. The lowest BCUT2D eigenvalue weighted by atomic mass is 9.81. The number of likely N-dealkylation sites (tertiary alicyclic amines) is 1. The van der Waals surface area contributed by atoms with Crippen LogP contribution in [-0.2, 0) is 32.7 Å². The van der Waals surface area contributed by atoms with Gasteiger partial charge in [-0.1, -0.05) is 31.0 Å². The minimum absolute atomic E-state index is 0.0347. The molecular formula is C24H28N2O6S. The highest BCUT2D eigenvalue weighted by Gasteiger charge is 2.47. The van der Waals surface area contributed by atoms with Gasteiger partial charge < -0.3 is 9.47 Å². The Balaban J connectivity index is 1.53. The van der Waals surface area contributed by atoms with E-state index in [9.17, 15) is 18.0 Å². The van der Waals surface area contributed by atoms with Gasteiger partial charge in [0.2, 0.25) is 21.8 Å². The Bertz CT molecular complexity index is 1120. The van der Waals surface area contributed by atoms with Gasteiger partial charge >= 0.3 is 0 Å². The van der Waals surface area contributed by atoms with Crippen molar-refractivity contribution in [2.24, 2.45) is 11.8 Å². The molecule has 9 heteroatoms. The summed E-state index contributed by atoms with van der Waals surface area (Å²) in [6.45, 7) is 0.141. The topological polar surface area (TPSA) is 102 Å². The fourth-order valence-corrected chi connectivity index (χ4v) is 5.83. The third-order valence-electron chi connectivity index (χ3n) is 6.42. The van der Waals surface area contributed by atoms with Crippen molar-refractivity contribution in [1.82, 2.24) is 9.62 Å². The molecule has 8 nitrogen and oxygen atoms in total. The average Bonchev–Trinajstić information content (AvgIpc) is 3.08. The number of rotatable bonds is 8. The van der Waals surface area contributed by atoms with Crippen molar-refractivity contribution >= 4 is 21.8 Å². The molecule has 2 atom stereocenters. The number of nitrogens with zero attached hydrogens (tertiary/aromatic N) is 1. The summed E-state index contributed by atoms with van der Waals surface area (Å²) in [4.78, 5) is 26.9. The average molecular weight is 473 g/mol. The zero-order valence-corrected chi connectivity index (χ0v) is 19.6. The van der Waals surface area contributed by atoms with Crippen LogP contribution in [0.4, 0.5) is 0 Å². The van der Waals surface area contributed by atoms with Gasteiger partial charge in [0.1, 0.15) is 16.4 Å². The minimum Gasteiger partial charge on any atom is -0.497 e. The van der Waals surface area contributed by atoms with Crippen molar-refractivity contribution in [3.63, 3.8) is 0 Å². The number of carbonyl (C=O) groups excluding carboxylic acids is 2. The predicted molar refractivity (Wildman–Crippen MR) is 121 cm³/mol. The molecule has 2 unspecified atom stereocenters. The van der Waals surface area contributed by atoms with E-state index in [-0.39, 0.29) is 47.4 Å². The lowest BCUT2D eigenvalue weighted by Gasteiger charge is -2.19. The molecule has 1 heterocycles. The number of ether oxygens (including phenoxy) is 2.